The monoisotopic (exact) mass is 373 g/mol. The summed E-state index contributed by atoms with van der Waals surface area (Å²) in [6.07, 6.45) is 1.62. The number of benzene rings is 2. The Hall–Kier alpha value is -2.38. The van der Waals surface area contributed by atoms with Crippen molar-refractivity contribution in [2.24, 2.45) is 0 Å². The average molecular weight is 373 g/mol. The van der Waals surface area contributed by atoms with Gasteiger partial charge >= 0.3 is 5.97 Å². The zero-order valence-corrected chi connectivity index (χ0v) is 15.0. The molecule has 1 heterocycles. The van der Waals surface area contributed by atoms with Crippen LogP contribution in [0.25, 0.3) is 16.8 Å². The molecular formula is C18H15NO4S2. The predicted molar refractivity (Wildman–Crippen MR) is 103 cm³/mol. The van der Waals surface area contributed by atoms with Gasteiger partial charge in [-0.05, 0) is 22.9 Å². The van der Waals surface area contributed by atoms with Gasteiger partial charge in [0.2, 0.25) is 0 Å². The number of carboxylic acids is 1. The maximum atomic E-state index is 12.6. The number of carboxylic acid groups (broad SMARTS) is 1. The van der Waals surface area contributed by atoms with Crippen molar-refractivity contribution < 1.29 is 19.4 Å². The van der Waals surface area contributed by atoms with Crippen LogP contribution in [0.3, 0.4) is 0 Å². The smallest absolute Gasteiger partial charge is 0.305 e. The molecule has 1 saturated heterocycles. The lowest BCUT2D eigenvalue weighted by Crippen LogP contribution is -2.30. The van der Waals surface area contributed by atoms with Crippen LogP contribution in [-0.2, 0) is 9.59 Å². The largest absolute Gasteiger partial charge is 0.496 e. The summed E-state index contributed by atoms with van der Waals surface area (Å²) in [6.45, 7) is 0.0734. The number of hydrogen-bond acceptors (Lipinski definition) is 5. The van der Waals surface area contributed by atoms with Gasteiger partial charge in [0.25, 0.3) is 5.91 Å². The summed E-state index contributed by atoms with van der Waals surface area (Å²) >= 11 is 6.40. The summed E-state index contributed by atoms with van der Waals surface area (Å²) in [5, 5.41) is 10.8. The molecule has 7 heteroatoms. The van der Waals surface area contributed by atoms with E-state index < -0.39 is 5.97 Å². The first-order valence-corrected chi connectivity index (χ1v) is 8.76. The van der Waals surface area contributed by atoms with E-state index in [9.17, 15) is 9.59 Å². The zero-order valence-electron chi connectivity index (χ0n) is 13.4. The first kappa shape index (κ1) is 17.4. The van der Waals surface area contributed by atoms with Gasteiger partial charge in [0.05, 0.1) is 18.4 Å². The van der Waals surface area contributed by atoms with Crippen LogP contribution in [0.15, 0.2) is 41.3 Å². The first-order valence-electron chi connectivity index (χ1n) is 7.54. The topological polar surface area (TPSA) is 66.8 Å². The quantitative estimate of drug-likeness (QED) is 0.639. The number of aliphatic carboxylic acids is 1. The van der Waals surface area contributed by atoms with E-state index in [2.05, 4.69) is 0 Å². The van der Waals surface area contributed by atoms with Gasteiger partial charge in [0.1, 0.15) is 10.1 Å². The normalized spacial score (nSPS) is 16.0. The molecule has 0 bridgehead atoms. The molecule has 1 aliphatic heterocycles. The summed E-state index contributed by atoms with van der Waals surface area (Å²) in [5.74, 6) is -0.575. The number of rotatable bonds is 5. The molecule has 0 spiro atoms. The molecule has 0 saturated carbocycles. The molecule has 1 amide bonds. The number of methoxy groups -OCH3 is 1. The summed E-state index contributed by atoms with van der Waals surface area (Å²) in [5.41, 5.74) is 0.805. The van der Waals surface area contributed by atoms with Crippen molar-refractivity contribution in [2.45, 2.75) is 6.42 Å². The Morgan fingerprint density at radius 2 is 2.08 bits per heavy atom. The number of thiocarbonyl (C=S) groups is 1. The molecule has 2 aromatic carbocycles. The van der Waals surface area contributed by atoms with Crippen LogP contribution in [0.1, 0.15) is 12.0 Å². The van der Waals surface area contributed by atoms with Crippen molar-refractivity contribution >= 4 is 57.0 Å². The van der Waals surface area contributed by atoms with E-state index in [1.165, 1.54) is 16.7 Å². The number of amides is 1. The molecule has 1 fully saturated rings. The Bertz CT molecular complexity index is 907. The first-order chi connectivity index (χ1) is 12.0. The van der Waals surface area contributed by atoms with Crippen molar-refractivity contribution in [2.75, 3.05) is 13.7 Å². The number of thioether (sulfide) groups is 1. The molecule has 0 aromatic heterocycles. The third-order valence-corrected chi connectivity index (χ3v) is 5.23. The molecule has 2 aromatic rings. The number of fused-ring (bicyclic) bond motifs is 1. The molecule has 0 atom stereocenters. The van der Waals surface area contributed by atoms with E-state index in [1.807, 2.05) is 36.4 Å². The summed E-state index contributed by atoms with van der Waals surface area (Å²) in [7, 11) is 1.58. The van der Waals surface area contributed by atoms with E-state index in [4.69, 9.17) is 22.1 Å². The fourth-order valence-corrected chi connectivity index (χ4v) is 3.92. The maximum absolute atomic E-state index is 12.6. The lowest BCUT2D eigenvalue weighted by molar-refractivity contribution is -0.137. The lowest BCUT2D eigenvalue weighted by atomic mass is 10.0. The number of ether oxygens (including phenoxy) is 1. The maximum Gasteiger partial charge on any atom is 0.305 e. The second-order valence-electron chi connectivity index (χ2n) is 5.38. The van der Waals surface area contributed by atoms with Gasteiger partial charge < -0.3 is 9.84 Å². The third kappa shape index (κ3) is 3.52. The van der Waals surface area contributed by atoms with E-state index in [1.54, 1.807) is 13.2 Å². The Balaban J connectivity index is 2.01. The van der Waals surface area contributed by atoms with E-state index >= 15 is 0 Å². The van der Waals surface area contributed by atoms with Crippen LogP contribution < -0.4 is 4.74 Å². The van der Waals surface area contributed by atoms with Crippen molar-refractivity contribution in [3.05, 3.63) is 46.9 Å². The number of carbonyl (C=O) groups is 2. The van der Waals surface area contributed by atoms with Crippen LogP contribution in [0.2, 0.25) is 0 Å². The third-order valence-electron chi connectivity index (χ3n) is 3.85. The minimum atomic E-state index is -0.964. The SMILES string of the molecule is COc1ccc2ccccc2c1/C=C1/SC(=S)N(CCC(=O)O)C1=O. The van der Waals surface area contributed by atoms with Crippen molar-refractivity contribution in [1.82, 2.24) is 4.90 Å². The highest BCUT2D eigenvalue weighted by Gasteiger charge is 2.32. The predicted octanol–water partition coefficient (Wildman–Crippen LogP) is 3.52. The van der Waals surface area contributed by atoms with Gasteiger partial charge in [-0.3, -0.25) is 14.5 Å². The van der Waals surface area contributed by atoms with Crippen LogP contribution in [0.5, 0.6) is 5.75 Å². The minimum Gasteiger partial charge on any atom is -0.496 e. The zero-order chi connectivity index (χ0) is 18.0. The molecule has 0 radical (unpaired) electrons. The second kappa shape index (κ2) is 7.25. The van der Waals surface area contributed by atoms with Crippen LogP contribution in [0, 0.1) is 0 Å². The summed E-state index contributed by atoms with van der Waals surface area (Å²) in [6, 6.07) is 11.7. The standard InChI is InChI=1S/C18H15NO4S2/c1-23-14-7-6-11-4-2-3-5-12(11)13(14)10-15-17(22)19(18(24)25-15)9-8-16(20)21/h2-7,10H,8-9H2,1H3,(H,20,21)/b15-10+. The van der Waals surface area contributed by atoms with Crippen LogP contribution in [0.4, 0.5) is 0 Å². The number of hydrogen-bond donors (Lipinski definition) is 1. The van der Waals surface area contributed by atoms with Gasteiger partial charge in [0.15, 0.2) is 0 Å². The highest BCUT2D eigenvalue weighted by Crippen LogP contribution is 2.36. The lowest BCUT2D eigenvalue weighted by Gasteiger charge is -2.12. The molecule has 1 N–H and O–H groups in total. The van der Waals surface area contributed by atoms with Crippen molar-refractivity contribution in [1.29, 1.82) is 0 Å². The Kier molecular flexibility index (Phi) is 5.06. The highest BCUT2D eigenvalue weighted by atomic mass is 32.2. The van der Waals surface area contributed by atoms with Gasteiger partial charge in [-0.1, -0.05) is 54.3 Å². The molecule has 1 aliphatic rings. The van der Waals surface area contributed by atoms with E-state index in [0.717, 1.165) is 16.3 Å². The van der Waals surface area contributed by atoms with Crippen molar-refractivity contribution in [3.63, 3.8) is 0 Å². The molecule has 128 valence electrons. The molecule has 5 nitrogen and oxygen atoms in total. The highest BCUT2D eigenvalue weighted by molar-refractivity contribution is 8.26. The summed E-state index contributed by atoms with van der Waals surface area (Å²) < 4.78 is 5.81. The molecule has 0 aliphatic carbocycles. The molecule has 3 rings (SSSR count). The van der Waals surface area contributed by atoms with Gasteiger partial charge in [-0.2, -0.15) is 0 Å². The van der Waals surface area contributed by atoms with E-state index in [-0.39, 0.29) is 18.9 Å². The Labute approximate surface area is 154 Å². The van der Waals surface area contributed by atoms with Crippen LogP contribution in [-0.4, -0.2) is 39.9 Å². The Morgan fingerprint density at radius 1 is 1.32 bits per heavy atom. The molecular weight excluding hydrogens is 358 g/mol. The molecule has 0 unspecified atom stereocenters. The summed E-state index contributed by atoms with van der Waals surface area (Å²) in [4.78, 5) is 25.1. The fourth-order valence-electron chi connectivity index (χ4n) is 2.63. The Morgan fingerprint density at radius 3 is 2.80 bits per heavy atom. The van der Waals surface area contributed by atoms with Gasteiger partial charge in [0, 0.05) is 12.1 Å². The minimum absolute atomic E-state index is 0.0734. The fraction of sp³-hybridized carbons (Fsp3) is 0.167. The van der Waals surface area contributed by atoms with Gasteiger partial charge in [-0.25, -0.2) is 0 Å². The number of carbonyl (C=O) groups excluding carboxylic acids is 1. The molecule has 25 heavy (non-hydrogen) atoms. The second-order valence-corrected chi connectivity index (χ2v) is 7.06. The van der Waals surface area contributed by atoms with Crippen molar-refractivity contribution in [3.8, 4) is 5.75 Å². The van der Waals surface area contributed by atoms with Gasteiger partial charge in [-0.15, -0.1) is 0 Å². The van der Waals surface area contributed by atoms with Crippen LogP contribution >= 0.6 is 24.0 Å². The number of nitrogens with zero attached hydrogens (tertiary/aromatic N) is 1. The average Bonchev–Trinajstić information content (AvgIpc) is 2.86. The van der Waals surface area contributed by atoms with E-state index in [0.29, 0.717) is 15.0 Å².